The lowest BCUT2D eigenvalue weighted by Crippen LogP contribution is -2.26. The smallest absolute Gasteiger partial charge is 0.286 e. The van der Waals surface area contributed by atoms with Crippen molar-refractivity contribution in [2.75, 3.05) is 7.11 Å². The van der Waals surface area contributed by atoms with Crippen LogP contribution in [0.2, 0.25) is 0 Å². The van der Waals surface area contributed by atoms with Crippen molar-refractivity contribution in [1.82, 2.24) is 10.6 Å². The highest BCUT2D eigenvalue weighted by molar-refractivity contribution is 8.15. The van der Waals surface area contributed by atoms with Gasteiger partial charge in [0.05, 0.1) is 18.4 Å². The molecule has 5 rings (SSSR count). The first kappa shape index (κ1) is 26.5. The van der Waals surface area contributed by atoms with Crippen LogP contribution in [-0.2, 0) is 11.2 Å². The van der Waals surface area contributed by atoms with E-state index in [4.69, 9.17) is 9.47 Å². The average Bonchev–Trinajstić information content (AvgIpc) is 3.28. The predicted molar refractivity (Wildman–Crippen MR) is 154 cm³/mol. The molecule has 0 bridgehead atoms. The third-order valence-corrected chi connectivity index (χ3v) is 7.68. The summed E-state index contributed by atoms with van der Waals surface area (Å²) >= 11 is 1.05. The van der Waals surface area contributed by atoms with Crippen LogP contribution in [0.25, 0.3) is 0 Å². The first-order valence-corrected chi connectivity index (χ1v) is 13.7. The molecule has 4 aromatic rings. The van der Waals surface area contributed by atoms with Crippen molar-refractivity contribution in [3.8, 4) is 17.2 Å². The molecule has 1 fully saturated rings. The lowest BCUT2D eigenvalue weighted by molar-refractivity contribution is -0.118. The fourth-order valence-electron chi connectivity index (χ4n) is 4.62. The largest absolute Gasteiger partial charge is 0.497 e. The van der Waals surface area contributed by atoms with E-state index in [2.05, 4.69) is 54.0 Å². The van der Waals surface area contributed by atoms with Gasteiger partial charge in [-0.3, -0.25) is 20.2 Å². The number of rotatable bonds is 10. The molecule has 6 nitrogen and oxygen atoms in total. The molecule has 7 heteroatoms. The Morgan fingerprint density at radius 3 is 2.13 bits per heavy atom. The molecule has 3 unspecified atom stereocenters. The van der Waals surface area contributed by atoms with E-state index in [1.807, 2.05) is 66.7 Å². The van der Waals surface area contributed by atoms with Crippen LogP contribution in [0, 0.1) is 0 Å². The Balaban J connectivity index is 1.37. The molecule has 0 aliphatic carbocycles. The molecule has 1 aliphatic rings. The van der Waals surface area contributed by atoms with Crippen LogP contribution in [0.4, 0.5) is 4.79 Å². The number of carbonyl (C=O) groups excluding carboxylic acids is 2. The fraction of sp³-hybridized carbons (Fsp3) is 0.188. The molecule has 0 radical (unpaired) electrons. The maximum atomic E-state index is 12.1. The number of para-hydroxylation sites is 1. The van der Waals surface area contributed by atoms with Gasteiger partial charge in [-0.1, -0.05) is 78.5 Å². The quantitative estimate of drug-likeness (QED) is 0.231. The van der Waals surface area contributed by atoms with Crippen LogP contribution in [-0.4, -0.2) is 23.5 Å². The minimum absolute atomic E-state index is 0.0281. The SMILES string of the molecule is COc1ccc(C(NC(C)c2ccc(Oc3ccccc3)cc2)c2cccc(CC3SC(=O)NC3=O)c2)cc1. The Hall–Kier alpha value is -4.07. The third kappa shape index (κ3) is 6.69. The van der Waals surface area contributed by atoms with Crippen molar-refractivity contribution in [2.24, 2.45) is 0 Å². The second-order valence-corrected chi connectivity index (χ2v) is 10.6. The summed E-state index contributed by atoms with van der Waals surface area (Å²) in [6.07, 6.45) is 0.490. The molecule has 1 heterocycles. The minimum atomic E-state index is -0.407. The predicted octanol–water partition coefficient (Wildman–Crippen LogP) is 6.82. The Kier molecular flexibility index (Phi) is 8.30. The van der Waals surface area contributed by atoms with Crippen LogP contribution in [0.3, 0.4) is 0 Å². The maximum Gasteiger partial charge on any atom is 0.286 e. The first-order valence-electron chi connectivity index (χ1n) is 12.8. The molecule has 198 valence electrons. The highest BCUT2D eigenvalue weighted by atomic mass is 32.2. The van der Waals surface area contributed by atoms with E-state index in [1.165, 1.54) is 0 Å². The van der Waals surface area contributed by atoms with Gasteiger partial charge in [0.15, 0.2) is 0 Å². The van der Waals surface area contributed by atoms with E-state index in [1.54, 1.807) is 7.11 Å². The van der Waals surface area contributed by atoms with Gasteiger partial charge in [-0.25, -0.2) is 0 Å². The standard InChI is InChI=1S/C32H30N2O4S/c1-21(23-11-17-28(18-12-23)38-27-9-4-3-5-10-27)33-30(24-13-15-26(37-2)16-14-24)25-8-6-7-22(19-25)20-29-31(35)34-32(36)39-29/h3-19,21,29-30,33H,20H2,1-2H3,(H,34,35,36). The lowest BCUT2D eigenvalue weighted by Gasteiger charge is -2.25. The second kappa shape index (κ2) is 12.2. The Labute approximate surface area is 232 Å². The summed E-state index contributed by atoms with van der Waals surface area (Å²) in [4.78, 5) is 23.8. The monoisotopic (exact) mass is 538 g/mol. The van der Waals surface area contributed by atoms with Gasteiger partial charge < -0.3 is 9.47 Å². The van der Waals surface area contributed by atoms with E-state index >= 15 is 0 Å². The number of amides is 2. The summed E-state index contributed by atoms with van der Waals surface area (Å²) in [6, 6.07) is 34.0. The number of carbonyl (C=O) groups is 2. The van der Waals surface area contributed by atoms with Gasteiger partial charge in [0.2, 0.25) is 5.91 Å². The van der Waals surface area contributed by atoms with Crippen molar-refractivity contribution < 1.29 is 19.1 Å². The van der Waals surface area contributed by atoms with E-state index in [0.29, 0.717) is 6.42 Å². The second-order valence-electron chi connectivity index (χ2n) is 9.41. The number of hydrogen-bond donors (Lipinski definition) is 2. The molecule has 1 aliphatic heterocycles. The molecular formula is C32H30N2O4S. The van der Waals surface area contributed by atoms with Gasteiger partial charge >= 0.3 is 0 Å². The van der Waals surface area contributed by atoms with E-state index in [-0.39, 0.29) is 23.2 Å². The van der Waals surface area contributed by atoms with Crippen LogP contribution >= 0.6 is 11.8 Å². The van der Waals surface area contributed by atoms with Gasteiger partial charge in [0.25, 0.3) is 5.24 Å². The van der Waals surface area contributed by atoms with Crippen molar-refractivity contribution in [3.63, 3.8) is 0 Å². The molecule has 0 aromatic heterocycles. The summed E-state index contributed by atoms with van der Waals surface area (Å²) in [5, 5.41) is 5.47. The number of nitrogens with one attached hydrogen (secondary N) is 2. The average molecular weight is 539 g/mol. The van der Waals surface area contributed by atoms with Crippen molar-refractivity contribution in [3.05, 3.63) is 125 Å². The number of benzene rings is 4. The molecule has 2 amide bonds. The Morgan fingerprint density at radius 1 is 0.795 bits per heavy atom. The molecule has 0 saturated carbocycles. The third-order valence-electron chi connectivity index (χ3n) is 6.70. The minimum Gasteiger partial charge on any atom is -0.497 e. The first-order chi connectivity index (χ1) is 19.0. The number of imide groups is 1. The summed E-state index contributed by atoms with van der Waals surface area (Å²) in [5.41, 5.74) is 4.29. The Morgan fingerprint density at radius 2 is 1.46 bits per heavy atom. The molecular weight excluding hydrogens is 508 g/mol. The van der Waals surface area contributed by atoms with Crippen molar-refractivity contribution in [2.45, 2.75) is 30.7 Å². The molecule has 2 N–H and O–H groups in total. The molecule has 39 heavy (non-hydrogen) atoms. The van der Waals surface area contributed by atoms with Crippen LogP contribution < -0.4 is 20.1 Å². The summed E-state index contributed by atoms with van der Waals surface area (Å²) in [7, 11) is 1.66. The molecule has 3 atom stereocenters. The zero-order chi connectivity index (χ0) is 27.2. The van der Waals surface area contributed by atoms with Crippen LogP contribution in [0.5, 0.6) is 17.2 Å². The number of thioether (sulfide) groups is 1. The molecule has 1 saturated heterocycles. The molecule has 0 spiro atoms. The van der Waals surface area contributed by atoms with Gasteiger partial charge in [0, 0.05) is 6.04 Å². The maximum absolute atomic E-state index is 12.1. The summed E-state index contributed by atoms with van der Waals surface area (Å²) < 4.78 is 11.3. The zero-order valence-corrected chi connectivity index (χ0v) is 22.6. The highest BCUT2D eigenvalue weighted by Gasteiger charge is 2.31. The van der Waals surface area contributed by atoms with Crippen molar-refractivity contribution >= 4 is 22.9 Å². The topological polar surface area (TPSA) is 76.7 Å². The number of ether oxygens (including phenoxy) is 2. The fourth-order valence-corrected chi connectivity index (χ4v) is 5.48. The van der Waals surface area contributed by atoms with Gasteiger partial charge in [-0.2, -0.15) is 0 Å². The lowest BCUT2D eigenvalue weighted by atomic mass is 9.94. The van der Waals surface area contributed by atoms with Gasteiger partial charge in [-0.15, -0.1) is 0 Å². The number of hydrogen-bond acceptors (Lipinski definition) is 6. The summed E-state index contributed by atoms with van der Waals surface area (Å²) in [5.74, 6) is 2.15. The Bertz CT molecular complexity index is 1430. The zero-order valence-electron chi connectivity index (χ0n) is 21.8. The highest BCUT2D eigenvalue weighted by Crippen LogP contribution is 2.31. The molecule has 4 aromatic carbocycles. The van der Waals surface area contributed by atoms with E-state index in [0.717, 1.165) is 51.3 Å². The van der Waals surface area contributed by atoms with Gasteiger partial charge in [0.1, 0.15) is 17.2 Å². The van der Waals surface area contributed by atoms with Crippen LogP contribution in [0.15, 0.2) is 103 Å². The van der Waals surface area contributed by atoms with Gasteiger partial charge in [-0.05, 0) is 72.0 Å². The number of methoxy groups -OCH3 is 1. The van der Waals surface area contributed by atoms with E-state index in [9.17, 15) is 9.59 Å². The summed E-state index contributed by atoms with van der Waals surface area (Å²) in [6.45, 7) is 2.14. The van der Waals surface area contributed by atoms with Crippen LogP contribution in [0.1, 0.15) is 41.3 Å². The normalized spacial score (nSPS) is 16.4. The van der Waals surface area contributed by atoms with Crippen molar-refractivity contribution in [1.29, 1.82) is 0 Å². The van der Waals surface area contributed by atoms with E-state index < -0.39 is 5.25 Å².